The number of hydrogen-bond acceptors (Lipinski definition) is 4. The monoisotopic (exact) mass is 388 g/mol. The number of carboxylic acids is 1. The van der Waals surface area contributed by atoms with Crippen LogP contribution in [0.25, 0.3) is 0 Å². The first-order chi connectivity index (χ1) is 12.0. The van der Waals surface area contributed by atoms with Gasteiger partial charge < -0.3 is 10.4 Å². The van der Waals surface area contributed by atoms with Crippen molar-refractivity contribution in [1.29, 1.82) is 0 Å². The Kier molecular flexibility index (Phi) is 8.16. The molecular weight excluding hydrogens is 363 g/mol. The van der Waals surface area contributed by atoms with Gasteiger partial charge in [0.05, 0.1) is 4.90 Å². The summed E-state index contributed by atoms with van der Waals surface area (Å²) in [6.45, 7) is 3.80. The van der Waals surface area contributed by atoms with Crippen LogP contribution in [0.5, 0.6) is 0 Å². The zero-order valence-corrected chi connectivity index (χ0v) is 15.9. The molecule has 0 aliphatic heterocycles. The first-order valence-corrected chi connectivity index (χ1v) is 9.72. The molecule has 0 saturated carbocycles. The van der Waals surface area contributed by atoms with E-state index in [1.807, 2.05) is 13.8 Å². The topological polar surface area (TPSA) is 104 Å². The Hall–Kier alpha value is -2.00. The van der Waals surface area contributed by atoms with Crippen LogP contribution in [0, 0.1) is 11.7 Å². The molecule has 1 amide bonds. The molecule has 0 aliphatic carbocycles. The lowest BCUT2D eigenvalue weighted by atomic mass is 10.0. The summed E-state index contributed by atoms with van der Waals surface area (Å²) in [6.07, 6.45) is 0.557. The van der Waals surface area contributed by atoms with Gasteiger partial charge in [0.15, 0.2) is 0 Å². The van der Waals surface area contributed by atoms with Crippen LogP contribution >= 0.6 is 0 Å². The molecule has 1 rings (SSSR count). The zero-order chi connectivity index (χ0) is 19.9. The Morgan fingerprint density at radius 2 is 1.81 bits per heavy atom. The molecule has 2 N–H and O–H groups in total. The Morgan fingerprint density at radius 3 is 2.31 bits per heavy atom. The summed E-state index contributed by atoms with van der Waals surface area (Å²) < 4.78 is 38.7. The van der Waals surface area contributed by atoms with Crippen molar-refractivity contribution >= 4 is 21.9 Å². The Morgan fingerprint density at radius 1 is 1.23 bits per heavy atom. The van der Waals surface area contributed by atoms with Crippen molar-refractivity contribution in [2.24, 2.45) is 5.92 Å². The van der Waals surface area contributed by atoms with Gasteiger partial charge in [-0.3, -0.25) is 4.79 Å². The summed E-state index contributed by atoms with van der Waals surface area (Å²) in [7, 11) is -2.39. The zero-order valence-electron chi connectivity index (χ0n) is 15.1. The molecule has 0 aliphatic rings. The fourth-order valence-electron chi connectivity index (χ4n) is 2.33. The molecule has 1 atom stereocenters. The van der Waals surface area contributed by atoms with E-state index in [-0.39, 0.29) is 30.2 Å². The molecule has 0 fully saturated rings. The average Bonchev–Trinajstić information content (AvgIpc) is 2.54. The van der Waals surface area contributed by atoms with E-state index in [9.17, 15) is 22.4 Å². The van der Waals surface area contributed by atoms with Gasteiger partial charge in [-0.25, -0.2) is 21.9 Å². The predicted octanol–water partition coefficient (Wildman–Crippen LogP) is 1.84. The van der Waals surface area contributed by atoms with Crippen molar-refractivity contribution in [2.45, 2.75) is 44.0 Å². The molecule has 0 radical (unpaired) electrons. The second kappa shape index (κ2) is 9.63. The number of carbonyl (C=O) groups excluding carboxylic acids is 1. The minimum atomic E-state index is -3.77. The predicted molar refractivity (Wildman–Crippen MR) is 94.5 cm³/mol. The molecule has 26 heavy (non-hydrogen) atoms. The highest BCUT2D eigenvalue weighted by molar-refractivity contribution is 7.89. The molecule has 0 heterocycles. The molecule has 9 heteroatoms. The molecule has 0 aromatic heterocycles. The minimum Gasteiger partial charge on any atom is -0.480 e. The summed E-state index contributed by atoms with van der Waals surface area (Å²) in [5, 5.41) is 11.6. The van der Waals surface area contributed by atoms with Crippen LogP contribution in [0.2, 0.25) is 0 Å². The largest absolute Gasteiger partial charge is 0.480 e. The fraction of sp³-hybridized carbons (Fsp3) is 0.529. The van der Waals surface area contributed by atoms with Crippen LogP contribution in [0.1, 0.15) is 33.1 Å². The number of amides is 1. The molecule has 0 spiro atoms. The number of benzene rings is 1. The highest BCUT2D eigenvalue weighted by Gasteiger charge is 2.23. The van der Waals surface area contributed by atoms with Crippen LogP contribution in [-0.2, 0) is 19.6 Å². The third-order valence-corrected chi connectivity index (χ3v) is 5.61. The number of sulfonamides is 1. The normalized spacial score (nSPS) is 13.0. The molecular formula is C17H25FN2O5S. The number of nitrogens with zero attached hydrogens (tertiary/aromatic N) is 1. The van der Waals surface area contributed by atoms with Crippen LogP contribution < -0.4 is 5.32 Å². The number of nitrogens with one attached hydrogen (secondary N) is 1. The SMILES string of the molecule is CC(C)CC(NC(=O)CCCN(C)S(=O)(=O)c1ccc(F)cc1)C(=O)O. The van der Waals surface area contributed by atoms with Crippen molar-refractivity contribution in [3.8, 4) is 0 Å². The molecule has 1 aromatic rings. The smallest absolute Gasteiger partial charge is 0.326 e. The maximum absolute atomic E-state index is 12.9. The standard InChI is InChI=1S/C17H25FN2O5S/c1-12(2)11-15(17(22)23)19-16(21)5-4-10-20(3)26(24,25)14-8-6-13(18)7-9-14/h6-9,12,15H,4-5,10-11H2,1-3H3,(H,19,21)(H,22,23). The lowest BCUT2D eigenvalue weighted by Gasteiger charge is -2.18. The quantitative estimate of drug-likeness (QED) is 0.637. The molecule has 0 saturated heterocycles. The van der Waals surface area contributed by atoms with Crippen LogP contribution in [0.15, 0.2) is 29.2 Å². The fourth-order valence-corrected chi connectivity index (χ4v) is 3.54. The highest BCUT2D eigenvalue weighted by atomic mass is 32.2. The number of carboxylic acid groups (broad SMARTS) is 1. The maximum Gasteiger partial charge on any atom is 0.326 e. The molecule has 1 aromatic carbocycles. The number of carbonyl (C=O) groups is 2. The van der Waals surface area contributed by atoms with Crippen LogP contribution in [0.4, 0.5) is 4.39 Å². The van der Waals surface area contributed by atoms with E-state index in [4.69, 9.17) is 5.11 Å². The van der Waals surface area contributed by atoms with E-state index in [0.717, 1.165) is 16.4 Å². The molecule has 146 valence electrons. The first kappa shape index (κ1) is 22.0. The second-order valence-corrected chi connectivity index (χ2v) is 8.52. The highest BCUT2D eigenvalue weighted by Crippen LogP contribution is 2.15. The van der Waals surface area contributed by atoms with E-state index in [2.05, 4.69) is 5.32 Å². The lowest BCUT2D eigenvalue weighted by Crippen LogP contribution is -2.41. The first-order valence-electron chi connectivity index (χ1n) is 8.28. The third-order valence-electron chi connectivity index (χ3n) is 3.74. The van der Waals surface area contributed by atoms with Crippen molar-refractivity contribution in [1.82, 2.24) is 9.62 Å². The van der Waals surface area contributed by atoms with Crippen LogP contribution in [0.3, 0.4) is 0 Å². The van der Waals surface area contributed by atoms with E-state index in [0.29, 0.717) is 6.42 Å². The van der Waals surface area contributed by atoms with E-state index in [1.54, 1.807) is 0 Å². The van der Waals surface area contributed by atoms with Crippen molar-refractivity contribution in [3.63, 3.8) is 0 Å². The average molecular weight is 388 g/mol. The second-order valence-electron chi connectivity index (χ2n) is 6.47. The summed E-state index contributed by atoms with van der Waals surface area (Å²) in [5.41, 5.74) is 0. The Bertz CT molecular complexity index is 719. The van der Waals surface area contributed by atoms with Gasteiger partial charge in [-0.15, -0.1) is 0 Å². The van der Waals surface area contributed by atoms with E-state index in [1.165, 1.54) is 19.2 Å². The van der Waals surface area contributed by atoms with E-state index >= 15 is 0 Å². The Labute approximate surface area is 153 Å². The van der Waals surface area contributed by atoms with Crippen molar-refractivity contribution in [2.75, 3.05) is 13.6 Å². The van der Waals surface area contributed by atoms with Crippen LogP contribution in [-0.4, -0.2) is 49.3 Å². The maximum atomic E-state index is 12.9. The van der Waals surface area contributed by atoms with E-state index < -0.39 is 33.8 Å². The molecule has 1 unspecified atom stereocenters. The number of halogens is 1. The molecule has 7 nitrogen and oxygen atoms in total. The Balaban J connectivity index is 2.54. The van der Waals surface area contributed by atoms with Crippen molar-refractivity contribution < 1.29 is 27.5 Å². The van der Waals surface area contributed by atoms with Gasteiger partial charge in [-0.2, -0.15) is 0 Å². The van der Waals surface area contributed by atoms with Gasteiger partial charge in [0.2, 0.25) is 15.9 Å². The summed E-state index contributed by atoms with van der Waals surface area (Å²) in [4.78, 5) is 23.0. The number of hydrogen-bond donors (Lipinski definition) is 2. The number of rotatable bonds is 10. The van der Waals surface area contributed by atoms with Gasteiger partial charge in [0, 0.05) is 20.0 Å². The minimum absolute atomic E-state index is 0.00511. The number of aliphatic carboxylic acids is 1. The summed E-state index contributed by atoms with van der Waals surface area (Å²) >= 11 is 0. The van der Waals surface area contributed by atoms with Gasteiger partial charge in [0.25, 0.3) is 0 Å². The lowest BCUT2D eigenvalue weighted by molar-refractivity contribution is -0.142. The third kappa shape index (κ3) is 6.72. The van der Waals surface area contributed by atoms with Gasteiger partial charge in [-0.1, -0.05) is 13.8 Å². The van der Waals surface area contributed by atoms with Gasteiger partial charge in [-0.05, 0) is 43.0 Å². The molecule has 0 bridgehead atoms. The van der Waals surface area contributed by atoms with Crippen molar-refractivity contribution in [3.05, 3.63) is 30.1 Å². The van der Waals surface area contributed by atoms with Gasteiger partial charge >= 0.3 is 5.97 Å². The summed E-state index contributed by atoms with van der Waals surface area (Å²) in [6, 6.07) is 3.53. The summed E-state index contributed by atoms with van der Waals surface area (Å²) in [5.74, 6) is -1.95. The van der Waals surface area contributed by atoms with Gasteiger partial charge in [0.1, 0.15) is 11.9 Å².